The number of aromatic nitrogens is 2. The fraction of sp³-hybridized carbons (Fsp3) is 0.333. The maximum absolute atomic E-state index is 12.9. The fourth-order valence-corrected chi connectivity index (χ4v) is 1.84. The molecule has 124 valence electrons. The zero-order chi connectivity index (χ0) is 17.0. The number of ketones is 1. The number of rotatable bonds is 6. The van der Waals surface area contributed by atoms with Gasteiger partial charge in [-0.15, -0.1) is 0 Å². The quantitative estimate of drug-likeness (QED) is 0.885. The van der Waals surface area contributed by atoms with Gasteiger partial charge < -0.3 is 10.5 Å². The zero-order valence-corrected chi connectivity index (χ0v) is 12.4. The van der Waals surface area contributed by atoms with Crippen molar-refractivity contribution in [3.05, 3.63) is 42.1 Å². The lowest BCUT2D eigenvalue weighted by molar-refractivity contribution is -0.141. The first-order chi connectivity index (χ1) is 10.8. The molecule has 1 aromatic heterocycles. The van der Waals surface area contributed by atoms with Crippen LogP contribution in [-0.4, -0.2) is 28.2 Å². The molecule has 0 radical (unpaired) electrons. The van der Waals surface area contributed by atoms with E-state index in [0.717, 1.165) is 10.7 Å². The highest BCUT2D eigenvalue weighted by molar-refractivity contribution is 5.85. The monoisotopic (exact) mass is 327 g/mol. The van der Waals surface area contributed by atoms with Crippen molar-refractivity contribution in [2.45, 2.75) is 25.6 Å². The molecule has 2 aromatic rings. The number of nitrogens with two attached hydrogens (primary N) is 1. The molecule has 0 saturated heterocycles. The minimum Gasteiger partial charge on any atom is -0.469 e. The molecule has 0 amide bonds. The second kappa shape index (κ2) is 6.82. The van der Waals surface area contributed by atoms with Crippen LogP contribution in [0.4, 0.5) is 13.2 Å². The van der Waals surface area contributed by atoms with E-state index in [-0.39, 0.29) is 11.7 Å². The van der Waals surface area contributed by atoms with Gasteiger partial charge in [0, 0.05) is 6.07 Å². The Balaban J connectivity index is 2.30. The third-order valence-corrected chi connectivity index (χ3v) is 3.18. The summed E-state index contributed by atoms with van der Waals surface area (Å²) < 4.78 is 44.8. The van der Waals surface area contributed by atoms with Gasteiger partial charge in [0.2, 0.25) is 5.88 Å². The molecule has 0 aliphatic heterocycles. The van der Waals surface area contributed by atoms with Crippen LogP contribution in [0.3, 0.4) is 0 Å². The summed E-state index contributed by atoms with van der Waals surface area (Å²) in [5.41, 5.74) is 4.87. The third-order valence-electron chi connectivity index (χ3n) is 3.18. The molecule has 1 heterocycles. The largest absolute Gasteiger partial charge is 0.469 e. The van der Waals surface area contributed by atoms with E-state index in [9.17, 15) is 18.0 Å². The van der Waals surface area contributed by atoms with Crippen molar-refractivity contribution in [2.24, 2.45) is 5.73 Å². The van der Waals surface area contributed by atoms with Crippen LogP contribution in [0.2, 0.25) is 0 Å². The predicted molar refractivity (Wildman–Crippen MR) is 77.3 cm³/mol. The van der Waals surface area contributed by atoms with Crippen molar-refractivity contribution < 1.29 is 22.7 Å². The van der Waals surface area contributed by atoms with Gasteiger partial charge in [-0.2, -0.15) is 18.3 Å². The molecular weight excluding hydrogens is 311 g/mol. The molecule has 0 bridgehead atoms. The fourth-order valence-electron chi connectivity index (χ4n) is 1.84. The number of nitrogens with zero attached hydrogens (tertiary/aromatic N) is 2. The topological polar surface area (TPSA) is 70.1 Å². The highest BCUT2D eigenvalue weighted by atomic mass is 19.4. The lowest BCUT2D eigenvalue weighted by Gasteiger charge is -2.10. The van der Waals surface area contributed by atoms with Gasteiger partial charge in [0.05, 0.1) is 11.7 Å². The molecule has 0 aliphatic carbocycles. The molecular formula is C15H16F3N3O2. The van der Waals surface area contributed by atoms with Gasteiger partial charge >= 0.3 is 6.18 Å². The maximum atomic E-state index is 12.9. The van der Waals surface area contributed by atoms with E-state index in [1.807, 2.05) is 0 Å². The first kappa shape index (κ1) is 17.0. The number of halogens is 3. The van der Waals surface area contributed by atoms with Gasteiger partial charge in [0.1, 0.15) is 6.61 Å². The molecule has 1 aromatic carbocycles. The molecule has 8 heteroatoms. The van der Waals surface area contributed by atoms with Crippen molar-refractivity contribution in [1.82, 2.24) is 9.78 Å². The molecule has 0 aliphatic rings. The van der Waals surface area contributed by atoms with Crippen molar-refractivity contribution in [3.8, 4) is 11.6 Å². The minimum atomic E-state index is -4.61. The Morgan fingerprint density at radius 2 is 2.00 bits per heavy atom. The van der Waals surface area contributed by atoms with E-state index in [1.165, 1.54) is 0 Å². The number of Topliss-reactive ketones (excluding diaryl/α,β-unsaturated/α-hetero) is 1. The summed E-state index contributed by atoms with van der Waals surface area (Å²) in [5, 5.41) is 3.52. The van der Waals surface area contributed by atoms with Crippen LogP contribution in [0, 0.1) is 0 Å². The summed E-state index contributed by atoms with van der Waals surface area (Å²) in [6.07, 6.45) is -4.18. The van der Waals surface area contributed by atoms with E-state index in [1.54, 1.807) is 37.3 Å². The number of para-hydroxylation sites is 1. The molecule has 0 fully saturated rings. The Kier molecular flexibility index (Phi) is 5.05. The highest BCUT2D eigenvalue weighted by Crippen LogP contribution is 2.32. The number of ether oxygens (including phenoxy) is 1. The van der Waals surface area contributed by atoms with Gasteiger partial charge in [0.15, 0.2) is 11.5 Å². The first-order valence-electron chi connectivity index (χ1n) is 6.96. The van der Waals surface area contributed by atoms with E-state index < -0.39 is 24.5 Å². The van der Waals surface area contributed by atoms with Crippen LogP contribution in [0.25, 0.3) is 5.69 Å². The summed E-state index contributed by atoms with van der Waals surface area (Å²) in [6, 6.07) is 8.27. The van der Waals surface area contributed by atoms with E-state index in [0.29, 0.717) is 12.1 Å². The number of benzene rings is 1. The summed E-state index contributed by atoms with van der Waals surface area (Å²) in [6.45, 7) is 1.32. The number of carbonyl (C=O) groups excluding carboxylic acids is 1. The van der Waals surface area contributed by atoms with E-state index in [4.69, 9.17) is 10.5 Å². The number of hydrogen-bond acceptors (Lipinski definition) is 4. The Bertz CT molecular complexity index is 668. The van der Waals surface area contributed by atoms with Gasteiger partial charge in [-0.3, -0.25) is 4.79 Å². The normalized spacial score (nSPS) is 12.9. The molecule has 0 saturated carbocycles. The molecule has 2 N–H and O–H groups in total. The molecule has 5 nitrogen and oxygen atoms in total. The SMILES string of the molecule is CC[C@H](N)C(=O)COc1cc(C(F)(F)F)nn1-c1ccccc1. The molecule has 23 heavy (non-hydrogen) atoms. The average molecular weight is 327 g/mol. The van der Waals surface area contributed by atoms with Crippen molar-refractivity contribution in [1.29, 1.82) is 0 Å². The lowest BCUT2D eigenvalue weighted by Crippen LogP contribution is -2.33. The Labute approximate surface area is 130 Å². The zero-order valence-electron chi connectivity index (χ0n) is 12.4. The van der Waals surface area contributed by atoms with Crippen LogP contribution < -0.4 is 10.5 Å². The summed E-state index contributed by atoms with van der Waals surface area (Å²) in [5.74, 6) is -0.554. The molecule has 1 atom stereocenters. The number of alkyl halides is 3. The second-order valence-corrected chi connectivity index (χ2v) is 4.88. The molecule has 0 spiro atoms. The smallest absolute Gasteiger partial charge is 0.435 e. The lowest BCUT2D eigenvalue weighted by atomic mass is 10.1. The second-order valence-electron chi connectivity index (χ2n) is 4.88. The molecule has 2 rings (SSSR count). The first-order valence-corrected chi connectivity index (χ1v) is 6.96. The van der Waals surface area contributed by atoms with Gasteiger partial charge in [-0.1, -0.05) is 25.1 Å². The summed E-state index contributed by atoms with van der Waals surface area (Å²) >= 11 is 0. The van der Waals surface area contributed by atoms with Crippen LogP contribution >= 0.6 is 0 Å². The predicted octanol–water partition coefficient (Wildman–Crippen LogP) is 2.58. The number of hydrogen-bond donors (Lipinski definition) is 1. The molecule has 0 unspecified atom stereocenters. The van der Waals surface area contributed by atoms with Gasteiger partial charge in [-0.25, -0.2) is 4.68 Å². The number of carbonyl (C=O) groups is 1. The van der Waals surface area contributed by atoms with Crippen LogP contribution in [-0.2, 0) is 11.0 Å². The van der Waals surface area contributed by atoms with E-state index in [2.05, 4.69) is 5.10 Å². The third kappa shape index (κ3) is 4.10. The minimum absolute atomic E-state index is 0.167. The van der Waals surface area contributed by atoms with Gasteiger partial charge in [0.25, 0.3) is 0 Å². The van der Waals surface area contributed by atoms with Crippen LogP contribution in [0.1, 0.15) is 19.0 Å². The van der Waals surface area contributed by atoms with Crippen molar-refractivity contribution in [3.63, 3.8) is 0 Å². The Morgan fingerprint density at radius 3 is 2.57 bits per heavy atom. The van der Waals surface area contributed by atoms with Gasteiger partial charge in [-0.05, 0) is 18.6 Å². The van der Waals surface area contributed by atoms with Crippen molar-refractivity contribution in [2.75, 3.05) is 6.61 Å². The summed E-state index contributed by atoms with van der Waals surface area (Å²) in [7, 11) is 0. The Morgan fingerprint density at radius 1 is 1.35 bits per heavy atom. The summed E-state index contributed by atoms with van der Waals surface area (Å²) in [4.78, 5) is 11.7. The average Bonchev–Trinajstić information content (AvgIpc) is 2.97. The standard InChI is InChI=1S/C15H16F3N3O2/c1-2-11(19)12(22)9-23-14-8-13(15(16,17)18)20-21(14)10-6-4-3-5-7-10/h3-8,11H,2,9,19H2,1H3/t11-/m0/s1. The van der Waals surface area contributed by atoms with Crippen molar-refractivity contribution >= 4 is 5.78 Å². The van der Waals surface area contributed by atoms with E-state index >= 15 is 0 Å². The van der Waals surface area contributed by atoms with Crippen LogP contribution in [0.5, 0.6) is 5.88 Å². The Hall–Kier alpha value is -2.35. The maximum Gasteiger partial charge on any atom is 0.435 e. The highest BCUT2D eigenvalue weighted by Gasteiger charge is 2.35. The van der Waals surface area contributed by atoms with Crippen LogP contribution in [0.15, 0.2) is 36.4 Å².